The number of anilines is 3. The number of piperazine rings is 1. The van der Waals surface area contributed by atoms with E-state index < -0.39 is 0 Å². The van der Waals surface area contributed by atoms with E-state index in [9.17, 15) is 9.59 Å². The normalized spacial score (nSPS) is 13.6. The Morgan fingerprint density at radius 3 is 2.13 bits per heavy atom. The van der Waals surface area contributed by atoms with Crippen LogP contribution in [0.1, 0.15) is 10.4 Å². The number of urea groups is 1. The number of benzene rings is 2. The van der Waals surface area contributed by atoms with Crippen LogP contribution in [0, 0.1) is 0 Å². The molecule has 1 aromatic heterocycles. The number of amides is 3. The number of carbonyl (C=O) groups excluding carboxylic acids is 2. The molecule has 0 aliphatic carbocycles. The van der Waals surface area contributed by atoms with Gasteiger partial charge in [-0.2, -0.15) is 0 Å². The van der Waals surface area contributed by atoms with Crippen LogP contribution in [0.25, 0.3) is 0 Å². The first-order valence-corrected chi connectivity index (χ1v) is 9.73. The fourth-order valence-corrected chi connectivity index (χ4v) is 3.23. The Morgan fingerprint density at radius 1 is 0.767 bits per heavy atom. The standard InChI is InChI=1S/C22H22N6O2/c29-20(17-6-2-1-3-7-17)25-18-8-4-9-19(16-18)26-22(30)28-14-12-27(13-15-28)21-23-10-5-11-24-21/h1-11,16H,12-15H2,(H,25,29)(H,26,30). The minimum absolute atomic E-state index is 0.171. The van der Waals surface area contributed by atoms with E-state index in [1.54, 1.807) is 59.8 Å². The predicted octanol–water partition coefficient (Wildman–Crippen LogP) is 3.08. The van der Waals surface area contributed by atoms with Crippen LogP contribution in [0.5, 0.6) is 0 Å². The molecule has 1 aliphatic heterocycles. The Hall–Kier alpha value is -3.94. The molecule has 0 radical (unpaired) electrons. The Labute approximate surface area is 174 Å². The van der Waals surface area contributed by atoms with Crippen molar-refractivity contribution in [1.29, 1.82) is 0 Å². The highest BCUT2D eigenvalue weighted by atomic mass is 16.2. The molecule has 2 aromatic carbocycles. The number of hydrogen-bond acceptors (Lipinski definition) is 5. The second-order valence-electron chi connectivity index (χ2n) is 6.85. The maximum atomic E-state index is 12.6. The van der Waals surface area contributed by atoms with Gasteiger partial charge >= 0.3 is 6.03 Å². The fourth-order valence-electron chi connectivity index (χ4n) is 3.23. The summed E-state index contributed by atoms with van der Waals surface area (Å²) in [6, 6.07) is 17.7. The van der Waals surface area contributed by atoms with Crippen LogP contribution in [0.15, 0.2) is 73.1 Å². The summed E-state index contributed by atoms with van der Waals surface area (Å²) in [5, 5.41) is 5.76. The lowest BCUT2D eigenvalue weighted by Crippen LogP contribution is -2.50. The summed E-state index contributed by atoms with van der Waals surface area (Å²) in [6.45, 7) is 2.50. The molecule has 0 saturated carbocycles. The van der Waals surface area contributed by atoms with Gasteiger partial charge in [-0.1, -0.05) is 24.3 Å². The molecular formula is C22H22N6O2. The number of aromatic nitrogens is 2. The van der Waals surface area contributed by atoms with Crippen molar-refractivity contribution in [2.45, 2.75) is 0 Å². The van der Waals surface area contributed by atoms with Crippen molar-refractivity contribution in [2.75, 3.05) is 41.7 Å². The number of nitrogens with one attached hydrogen (secondary N) is 2. The van der Waals surface area contributed by atoms with Crippen molar-refractivity contribution in [3.8, 4) is 0 Å². The molecule has 2 N–H and O–H groups in total. The van der Waals surface area contributed by atoms with Gasteiger partial charge in [0.2, 0.25) is 5.95 Å². The molecule has 1 fully saturated rings. The summed E-state index contributed by atoms with van der Waals surface area (Å²) in [5.41, 5.74) is 1.82. The van der Waals surface area contributed by atoms with Crippen molar-refractivity contribution in [3.05, 3.63) is 78.6 Å². The average Bonchev–Trinajstić information content (AvgIpc) is 2.80. The maximum absolute atomic E-state index is 12.6. The van der Waals surface area contributed by atoms with Crippen molar-refractivity contribution in [1.82, 2.24) is 14.9 Å². The summed E-state index contributed by atoms with van der Waals surface area (Å²) >= 11 is 0. The number of hydrogen-bond donors (Lipinski definition) is 2. The van der Waals surface area contributed by atoms with Gasteiger partial charge in [-0.25, -0.2) is 14.8 Å². The van der Waals surface area contributed by atoms with Crippen molar-refractivity contribution >= 4 is 29.3 Å². The van der Waals surface area contributed by atoms with E-state index in [0.29, 0.717) is 49.1 Å². The smallest absolute Gasteiger partial charge is 0.321 e. The van der Waals surface area contributed by atoms with Gasteiger partial charge in [-0.15, -0.1) is 0 Å². The molecule has 0 atom stereocenters. The highest BCUT2D eigenvalue weighted by Crippen LogP contribution is 2.17. The second kappa shape index (κ2) is 9.04. The van der Waals surface area contributed by atoms with Gasteiger partial charge in [0.1, 0.15) is 0 Å². The fraction of sp³-hybridized carbons (Fsp3) is 0.182. The van der Waals surface area contributed by atoms with Crippen LogP contribution in [0.2, 0.25) is 0 Å². The zero-order chi connectivity index (χ0) is 20.8. The number of rotatable bonds is 4. The van der Waals surface area contributed by atoms with Crippen LogP contribution in [0.3, 0.4) is 0 Å². The highest BCUT2D eigenvalue weighted by molar-refractivity contribution is 6.04. The summed E-state index contributed by atoms with van der Waals surface area (Å²) in [6.07, 6.45) is 3.43. The third kappa shape index (κ3) is 4.72. The van der Waals surface area contributed by atoms with E-state index >= 15 is 0 Å². The largest absolute Gasteiger partial charge is 0.337 e. The van der Waals surface area contributed by atoms with Gasteiger partial charge in [0.05, 0.1) is 0 Å². The molecule has 3 aromatic rings. The zero-order valence-electron chi connectivity index (χ0n) is 16.4. The SMILES string of the molecule is O=C(Nc1cccc(NC(=O)N2CCN(c3ncccn3)CC2)c1)c1ccccc1. The summed E-state index contributed by atoms with van der Waals surface area (Å²) in [5.74, 6) is 0.484. The molecule has 0 unspecified atom stereocenters. The maximum Gasteiger partial charge on any atom is 0.321 e. The Bertz CT molecular complexity index is 1000. The third-order valence-electron chi connectivity index (χ3n) is 4.81. The van der Waals surface area contributed by atoms with Crippen LogP contribution < -0.4 is 15.5 Å². The number of nitrogens with zero attached hydrogens (tertiary/aromatic N) is 4. The van der Waals surface area contributed by atoms with Gasteiger partial charge in [-0.3, -0.25) is 4.79 Å². The molecule has 3 amide bonds. The van der Waals surface area contributed by atoms with Crippen LogP contribution >= 0.6 is 0 Å². The monoisotopic (exact) mass is 402 g/mol. The molecule has 1 aliphatic rings. The van der Waals surface area contributed by atoms with Crippen LogP contribution in [0.4, 0.5) is 22.1 Å². The lowest BCUT2D eigenvalue weighted by molar-refractivity contribution is 0.102. The van der Waals surface area contributed by atoms with E-state index in [1.165, 1.54) is 0 Å². The van der Waals surface area contributed by atoms with Crippen molar-refractivity contribution in [2.24, 2.45) is 0 Å². The van der Waals surface area contributed by atoms with Crippen LogP contribution in [-0.4, -0.2) is 53.0 Å². The van der Waals surface area contributed by atoms with E-state index in [2.05, 4.69) is 25.5 Å². The molecule has 4 rings (SSSR count). The quantitative estimate of drug-likeness (QED) is 0.700. The van der Waals surface area contributed by atoms with Gasteiger partial charge in [0, 0.05) is 55.5 Å². The molecule has 2 heterocycles. The lowest BCUT2D eigenvalue weighted by Gasteiger charge is -2.34. The number of carbonyl (C=O) groups is 2. The minimum Gasteiger partial charge on any atom is -0.337 e. The summed E-state index contributed by atoms with van der Waals surface area (Å²) in [4.78, 5) is 37.3. The molecule has 8 nitrogen and oxygen atoms in total. The third-order valence-corrected chi connectivity index (χ3v) is 4.81. The van der Waals surface area contributed by atoms with E-state index in [1.807, 2.05) is 18.2 Å². The van der Waals surface area contributed by atoms with Gasteiger partial charge in [-0.05, 0) is 36.4 Å². The summed E-state index contributed by atoms with van der Waals surface area (Å²) < 4.78 is 0. The minimum atomic E-state index is -0.196. The predicted molar refractivity (Wildman–Crippen MR) is 116 cm³/mol. The first kappa shape index (κ1) is 19.4. The Balaban J connectivity index is 1.33. The zero-order valence-corrected chi connectivity index (χ0v) is 16.4. The average molecular weight is 402 g/mol. The summed E-state index contributed by atoms with van der Waals surface area (Å²) in [7, 11) is 0. The molecule has 0 spiro atoms. The first-order valence-electron chi connectivity index (χ1n) is 9.73. The van der Waals surface area contributed by atoms with E-state index in [0.717, 1.165) is 0 Å². The topological polar surface area (TPSA) is 90.5 Å². The van der Waals surface area contributed by atoms with Crippen LogP contribution in [-0.2, 0) is 0 Å². The molecule has 0 bridgehead atoms. The van der Waals surface area contributed by atoms with Crippen molar-refractivity contribution in [3.63, 3.8) is 0 Å². The second-order valence-corrected chi connectivity index (χ2v) is 6.85. The molecule has 1 saturated heterocycles. The Kier molecular flexibility index (Phi) is 5.84. The van der Waals surface area contributed by atoms with Gasteiger partial charge in [0.15, 0.2) is 0 Å². The van der Waals surface area contributed by atoms with Crippen molar-refractivity contribution < 1.29 is 9.59 Å². The lowest BCUT2D eigenvalue weighted by atomic mass is 10.2. The van der Waals surface area contributed by atoms with Gasteiger partial charge in [0.25, 0.3) is 5.91 Å². The molecule has 8 heteroatoms. The Morgan fingerprint density at radius 2 is 1.43 bits per heavy atom. The van der Waals surface area contributed by atoms with E-state index in [-0.39, 0.29) is 11.9 Å². The molecule has 30 heavy (non-hydrogen) atoms. The highest BCUT2D eigenvalue weighted by Gasteiger charge is 2.22. The molecule has 152 valence electrons. The first-order chi connectivity index (χ1) is 14.7. The molecular weight excluding hydrogens is 380 g/mol. The van der Waals surface area contributed by atoms with Gasteiger partial charge < -0.3 is 20.4 Å². The van der Waals surface area contributed by atoms with E-state index in [4.69, 9.17) is 0 Å².